The van der Waals surface area contributed by atoms with Crippen LogP contribution in [-0.2, 0) is 11.2 Å². The number of hydrogen-bond acceptors (Lipinski definition) is 3. The minimum atomic E-state index is -0.334. The van der Waals surface area contributed by atoms with E-state index < -0.39 is 0 Å². The van der Waals surface area contributed by atoms with Gasteiger partial charge in [0, 0.05) is 13.2 Å². The smallest absolute Gasteiger partial charge is 0.0900 e. The zero-order valence-corrected chi connectivity index (χ0v) is 16.1. The third-order valence-corrected chi connectivity index (χ3v) is 7.07. The zero-order valence-electron chi connectivity index (χ0n) is 16.1. The van der Waals surface area contributed by atoms with Crippen LogP contribution in [0.1, 0.15) is 44.1 Å². The molecular formula is C23H35NO2. The highest BCUT2D eigenvalue weighted by atomic mass is 16.5. The summed E-state index contributed by atoms with van der Waals surface area (Å²) in [6.07, 6.45) is 9.03. The second-order valence-electron chi connectivity index (χ2n) is 9.06. The lowest BCUT2D eigenvalue weighted by molar-refractivity contribution is -0.00629. The van der Waals surface area contributed by atoms with E-state index in [4.69, 9.17) is 4.74 Å². The van der Waals surface area contributed by atoms with Gasteiger partial charge in [-0.25, -0.2) is 0 Å². The van der Waals surface area contributed by atoms with E-state index in [1.165, 1.54) is 50.5 Å². The molecule has 1 aromatic rings. The van der Waals surface area contributed by atoms with Crippen molar-refractivity contribution >= 4 is 0 Å². The fourth-order valence-electron chi connectivity index (χ4n) is 5.61. The maximum absolute atomic E-state index is 10.3. The summed E-state index contributed by atoms with van der Waals surface area (Å²) in [4.78, 5) is 2.42. The van der Waals surface area contributed by atoms with E-state index in [0.717, 1.165) is 49.9 Å². The van der Waals surface area contributed by atoms with Crippen molar-refractivity contribution in [3.05, 3.63) is 35.9 Å². The van der Waals surface area contributed by atoms with E-state index in [1.54, 1.807) is 0 Å². The molecule has 3 nitrogen and oxygen atoms in total. The van der Waals surface area contributed by atoms with Gasteiger partial charge in [-0.2, -0.15) is 0 Å². The summed E-state index contributed by atoms with van der Waals surface area (Å²) in [6, 6.07) is 10.8. The number of rotatable bonds is 8. The van der Waals surface area contributed by atoms with E-state index in [-0.39, 0.29) is 6.10 Å². The van der Waals surface area contributed by atoms with Gasteiger partial charge in [-0.1, -0.05) is 36.8 Å². The summed E-state index contributed by atoms with van der Waals surface area (Å²) < 4.78 is 5.90. The molecule has 2 saturated carbocycles. The highest BCUT2D eigenvalue weighted by Gasteiger charge is 2.39. The van der Waals surface area contributed by atoms with Gasteiger partial charge in [-0.05, 0) is 80.8 Å². The number of benzene rings is 1. The molecule has 2 bridgehead atoms. The van der Waals surface area contributed by atoms with Crippen molar-refractivity contribution in [2.24, 2.45) is 23.7 Å². The Morgan fingerprint density at radius 1 is 1.04 bits per heavy atom. The van der Waals surface area contributed by atoms with Gasteiger partial charge >= 0.3 is 0 Å². The van der Waals surface area contributed by atoms with Crippen molar-refractivity contribution < 1.29 is 9.84 Å². The Hall–Kier alpha value is -0.900. The molecule has 1 heterocycles. The number of aliphatic hydroxyl groups excluding tert-OH is 1. The highest BCUT2D eigenvalue weighted by molar-refractivity contribution is 5.15. The summed E-state index contributed by atoms with van der Waals surface area (Å²) in [5.74, 6) is 3.46. The van der Waals surface area contributed by atoms with Crippen LogP contribution in [0, 0.1) is 23.7 Å². The fourth-order valence-corrected chi connectivity index (χ4v) is 5.61. The molecule has 2 aliphatic carbocycles. The Balaban J connectivity index is 1.10. The lowest BCUT2D eigenvalue weighted by atomic mass is 9.89. The lowest BCUT2D eigenvalue weighted by Gasteiger charge is -2.33. The van der Waals surface area contributed by atoms with Gasteiger partial charge in [0.25, 0.3) is 0 Å². The summed E-state index contributed by atoms with van der Waals surface area (Å²) in [7, 11) is 0. The normalized spacial score (nSPS) is 30.7. The molecule has 0 unspecified atom stereocenters. The maximum atomic E-state index is 10.3. The fraction of sp³-hybridized carbons (Fsp3) is 0.739. The summed E-state index contributed by atoms with van der Waals surface area (Å²) >= 11 is 0. The van der Waals surface area contributed by atoms with Gasteiger partial charge in [0.2, 0.25) is 0 Å². The highest BCUT2D eigenvalue weighted by Crippen LogP contribution is 2.48. The van der Waals surface area contributed by atoms with E-state index >= 15 is 0 Å². The maximum Gasteiger partial charge on any atom is 0.0900 e. The first-order valence-electron chi connectivity index (χ1n) is 10.8. The molecule has 3 fully saturated rings. The van der Waals surface area contributed by atoms with Gasteiger partial charge in [-0.15, -0.1) is 0 Å². The van der Waals surface area contributed by atoms with Gasteiger partial charge in [0.05, 0.1) is 12.7 Å². The van der Waals surface area contributed by atoms with Crippen LogP contribution in [0.15, 0.2) is 30.3 Å². The third kappa shape index (κ3) is 4.88. The number of aliphatic hydroxyl groups is 1. The van der Waals surface area contributed by atoms with E-state index in [1.807, 2.05) is 0 Å². The number of likely N-dealkylation sites (tertiary alicyclic amines) is 1. The Bertz CT molecular complexity index is 540. The number of fused-ring (bicyclic) bond motifs is 2. The zero-order chi connectivity index (χ0) is 17.8. The van der Waals surface area contributed by atoms with Crippen molar-refractivity contribution in [3.63, 3.8) is 0 Å². The minimum Gasteiger partial charge on any atom is -0.389 e. The molecule has 0 aromatic heterocycles. The first kappa shape index (κ1) is 18.5. The standard InChI is InChI=1S/C23H35NO2/c25-23(17-26-16-22-14-20-6-7-21(22)13-20)15-24-10-8-19(9-11-24)12-18-4-2-1-3-5-18/h1-5,19-23,25H,6-17H2/t20-,21-,22+,23-/m0/s1. The predicted octanol–water partition coefficient (Wildman–Crippen LogP) is 3.75. The summed E-state index contributed by atoms with van der Waals surface area (Å²) in [5, 5.41) is 10.3. The van der Waals surface area contributed by atoms with Crippen LogP contribution < -0.4 is 0 Å². The molecule has 4 atom stereocenters. The molecule has 1 aliphatic heterocycles. The van der Waals surface area contributed by atoms with Gasteiger partial charge < -0.3 is 14.7 Å². The van der Waals surface area contributed by atoms with E-state index in [9.17, 15) is 5.11 Å². The van der Waals surface area contributed by atoms with Crippen molar-refractivity contribution in [1.82, 2.24) is 4.90 Å². The summed E-state index contributed by atoms with van der Waals surface area (Å²) in [6.45, 7) is 4.38. The largest absolute Gasteiger partial charge is 0.389 e. The van der Waals surface area contributed by atoms with Crippen molar-refractivity contribution in [2.45, 2.75) is 51.0 Å². The topological polar surface area (TPSA) is 32.7 Å². The molecule has 0 radical (unpaired) electrons. The van der Waals surface area contributed by atoms with Crippen LogP contribution in [0.3, 0.4) is 0 Å². The van der Waals surface area contributed by atoms with Crippen LogP contribution in [0.2, 0.25) is 0 Å². The van der Waals surface area contributed by atoms with Crippen LogP contribution in [0.5, 0.6) is 0 Å². The second kappa shape index (κ2) is 8.86. The van der Waals surface area contributed by atoms with Gasteiger partial charge in [0.15, 0.2) is 0 Å². The van der Waals surface area contributed by atoms with Crippen molar-refractivity contribution in [2.75, 3.05) is 32.8 Å². The number of nitrogens with zero attached hydrogens (tertiary/aromatic N) is 1. The monoisotopic (exact) mass is 357 g/mol. The first-order chi connectivity index (χ1) is 12.8. The molecule has 26 heavy (non-hydrogen) atoms. The predicted molar refractivity (Wildman–Crippen MR) is 105 cm³/mol. The molecule has 1 saturated heterocycles. The van der Waals surface area contributed by atoms with Crippen LogP contribution in [0.25, 0.3) is 0 Å². The minimum absolute atomic E-state index is 0.334. The molecule has 144 valence electrons. The molecule has 1 N–H and O–H groups in total. The van der Waals surface area contributed by atoms with Gasteiger partial charge in [0.1, 0.15) is 0 Å². The Morgan fingerprint density at radius 2 is 1.85 bits per heavy atom. The molecule has 3 aliphatic rings. The Labute approximate surface area is 158 Å². The first-order valence-corrected chi connectivity index (χ1v) is 10.8. The molecular weight excluding hydrogens is 322 g/mol. The number of piperidine rings is 1. The SMILES string of the molecule is O[C@H](COC[C@H]1C[C@H]2CC[C@H]1C2)CN1CCC(Cc2ccccc2)CC1. The average molecular weight is 358 g/mol. The molecule has 0 spiro atoms. The Kier molecular flexibility index (Phi) is 6.29. The number of hydrogen-bond donors (Lipinski definition) is 1. The number of β-amino-alcohol motifs (C(OH)–C–C–N with tert-alkyl or cyclic N) is 1. The third-order valence-electron chi connectivity index (χ3n) is 7.07. The molecule has 4 rings (SSSR count). The average Bonchev–Trinajstić information content (AvgIpc) is 3.27. The van der Waals surface area contributed by atoms with Crippen molar-refractivity contribution in [1.29, 1.82) is 0 Å². The molecule has 3 heteroatoms. The van der Waals surface area contributed by atoms with Crippen molar-refractivity contribution in [3.8, 4) is 0 Å². The number of ether oxygens (including phenoxy) is 1. The Morgan fingerprint density at radius 3 is 2.54 bits per heavy atom. The quantitative estimate of drug-likeness (QED) is 0.769. The van der Waals surface area contributed by atoms with E-state index in [0.29, 0.717) is 6.61 Å². The van der Waals surface area contributed by atoms with Crippen LogP contribution >= 0.6 is 0 Å². The summed E-state index contributed by atoms with van der Waals surface area (Å²) in [5.41, 5.74) is 1.46. The lowest BCUT2D eigenvalue weighted by Crippen LogP contribution is -2.40. The molecule has 0 amide bonds. The van der Waals surface area contributed by atoms with Crippen LogP contribution in [0.4, 0.5) is 0 Å². The van der Waals surface area contributed by atoms with Gasteiger partial charge in [-0.3, -0.25) is 0 Å². The van der Waals surface area contributed by atoms with E-state index in [2.05, 4.69) is 35.2 Å². The second-order valence-corrected chi connectivity index (χ2v) is 9.06. The van der Waals surface area contributed by atoms with Crippen LogP contribution in [-0.4, -0.2) is 49.0 Å². The molecule has 1 aromatic carbocycles.